The summed E-state index contributed by atoms with van der Waals surface area (Å²) in [6.45, 7) is 2.39. The number of aliphatic hydroxyl groups excluding tert-OH is 1. The molecule has 180 valence electrons. The molecular weight excluding hydrogens is 436 g/mol. The number of nitrogens with zero attached hydrogens (tertiary/aromatic N) is 1. The third kappa shape index (κ3) is 4.77. The van der Waals surface area contributed by atoms with Crippen molar-refractivity contribution in [3.05, 3.63) is 59.7 Å². The number of aliphatic carboxylic acids is 1. The first-order chi connectivity index (χ1) is 16.4. The van der Waals surface area contributed by atoms with Gasteiger partial charge in [-0.2, -0.15) is 0 Å². The van der Waals surface area contributed by atoms with Gasteiger partial charge < -0.3 is 25.2 Å². The first kappa shape index (κ1) is 23.8. The Labute approximate surface area is 198 Å². The summed E-state index contributed by atoms with van der Waals surface area (Å²) < 4.78 is 5.55. The van der Waals surface area contributed by atoms with E-state index in [1.165, 1.54) is 0 Å². The van der Waals surface area contributed by atoms with Crippen LogP contribution < -0.4 is 5.32 Å². The molecule has 34 heavy (non-hydrogen) atoms. The van der Waals surface area contributed by atoms with E-state index in [1.54, 1.807) is 4.90 Å². The molecule has 0 saturated carbocycles. The predicted octanol–water partition coefficient (Wildman–Crippen LogP) is 2.99. The van der Waals surface area contributed by atoms with Crippen molar-refractivity contribution >= 4 is 18.0 Å². The Morgan fingerprint density at radius 3 is 2.26 bits per heavy atom. The lowest BCUT2D eigenvalue weighted by Crippen LogP contribution is -2.50. The average molecular weight is 467 g/mol. The van der Waals surface area contributed by atoms with Crippen LogP contribution in [0.2, 0.25) is 0 Å². The fraction of sp³-hybridized carbons (Fsp3) is 0.423. The number of amides is 2. The van der Waals surface area contributed by atoms with Crippen LogP contribution >= 0.6 is 0 Å². The van der Waals surface area contributed by atoms with Crippen molar-refractivity contribution in [3.8, 4) is 11.1 Å². The Morgan fingerprint density at radius 1 is 1.09 bits per heavy atom. The molecule has 1 heterocycles. The molecule has 8 nitrogen and oxygen atoms in total. The number of ether oxygens (including phenoxy) is 1. The van der Waals surface area contributed by atoms with E-state index in [1.807, 2.05) is 55.5 Å². The van der Waals surface area contributed by atoms with Gasteiger partial charge >= 0.3 is 12.1 Å². The number of fused-ring (bicyclic) bond motifs is 3. The van der Waals surface area contributed by atoms with Crippen molar-refractivity contribution in [2.24, 2.45) is 5.92 Å². The third-order valence-corrected chi connectivity index (χ3v) is 7.01. The first-order valence-electron chi connectivity index (χ1n) is 11.6. The van der Waals surface area contributed by atoms with Gasteiger partial charge in [-0.1, -0.05) is 48.5 Å². The van der Waals surface area contributed by atoms with Crippen LogP contribution in [0.4, 0.5) is 4.79 Å². The molecule has 3 N–H and O–H groups in total. The highest BCUT2D eigenvalue weighted by Gasteiger charge is 2.37. The van der Waals surface area contributed by atoms with Crippen LogP contribution in [0.15, 0.2) is 48.5 Å². The van der Waals surface area contributed by atoms with Crippen molar-refractivity contribution in [1.82, 2.24) is 10.2 Å². The summed E-state index contributed by atoms with van der Waals surface area (Å²) in [7, 11) is 0. The number of aliphatic hydroxyl groups is 1. The highest BCUT2D eigenvalue weighted by Crippen LogP contribution is 2.44. The van der Waals surface area contributed by atoms with Crippen LogP contribution in [-0.2, 0) is 14.3 Å². The lowest BCUT2D eigenvalue weighted by molar-refractivity contribution is -0.138. The number of carbonyl (C=O) groups is 3. The Kier molecular flexibility index (Phi) is 7.17. The summed E-state index contributed by atoms with van der Waals surface area (Å²) in [4.78, 5) is 38.6. The second-order valence-electron chi connectivity index (χ2n) is 8.96. The fourth-order valence-electron chi connectivity index (χ4n) is 5.07. The molecule has 1 fully saturated rings. The molecule has 2 aromatic carbocycles. The molecule has 1 aliphatic carbocycles. The molecular formula is C26H30N2O6. The van der Waals surface area contributed by atoms with E-state index >= 15 is 0 Å². The summed E-state index contributed by atoms with van der Waals surface area (Å²) in [5, 5.41) is 21.2. The zero-order chi connectivity index (χ0) is 24.2. The van der Waals surface area contributed by atoms with Crippen LogP contribution in [0.3, 0.4) is 0 Å². The molecule has 3 unspecified atom stereocenters. The zero-order valence-electron chi connectivity index (χ0n) is 19.1. The second kappa shape index (κ2) is 10.3. The largest absolute Gasteiger partial charge is 0.481 e. The lowest BCUT2D eigenvalue weighted by Gasteiger charge is -2.28. The number of hydrogen-bond acceptors (Lipinski definition) is 5. The number of hydrogen-bond donors (Lipinski definition) is 3. The van der Waals surface area contributed by atoms with Crippen LogP contribution in [0, 0.1) is 5.92 Å². The Hall–Kier alpha value is -3.39. The molecule has 0 aromatic heterocycles. The number of benzene rings is 2. The number of alkyl carbamates (subject to hydrolysis) is 1. The van der Waals surface area contributed by atoms with E-state index in [4.69, 9.17) is 9.84 Å². The minimum absolute atomic E-state index is 0.0233. The molecule has 2 amide bonds. The summed E-state index contributed by atoms with van der Waals surface area (Å²) in [5.41, 5.74) is 4.39. The molecule has 1 saturated heterocycles. The number of carboxylic acid groups (broad SMARTS) is 1. The summed E-state index contributed by atoms with van der Waals surface area (Å²) in [5.74, 6) is -1.54. The lowest BCUT2D eigenvalue weighted by atomic mass is 9.98. The standard InChI is InChI=1S/C26H30N2O6/c1-16-17(14-29)12-13-28(16)25(32)23(10-11-24(30)31)27-26(33)34-15-22-20-8-4-2-6-18(20)19-7-3-5-9-21(19)22/h2-9,16-17,22-23,29H,10-15H2,1H3,(H,27,33)(H,30,31). The van der Waals surface area contributed by atoms with Crippen LogP contribution in [0.1, 0.15) is 43.2 Å². The van der Waals surface area contributed by atoms with Gasteiger partial charge in [-0.3, -0.25) is 9.59 Å². The summed E-state index contributed by atoms with van der Waals surface area (Å²) in [6, 6.07) is 14.8. The minimum Gasteiger partial charge on any atom is -0.481 e. The molecule has 0 bridgehead atoms. The van der Waals surface area contributed by atoms with E-state index in [-0.39, 0.29) is 49.8 Å². The molecule has 2 aromatic rings. The predicted molar refractivity (Wildman–Crippen MR) is 125 cm³/mol. The third-order valence-electron chi connectivity index (χ3n) is 7.01. The van der Waals surface area contributed by atoms with Crippen molar-refractivity contribution in [2.45, 2.75) is 44.2 Å². The van der Waals surface area contributed by atoms with Gasteiger partial charge in [0.05, 0.1) is 0 Å². The number of carbonyl (C=O) groups excluding carboxylic acids is 2. The molecule has 2 aliphatic rings. The van der Waals surface area contributed by atoms with Gasteiger partial charge in [-0.15, -0.1) is 0 Å². The number of carboxylic acids is 1. The van der Waals surface area contributed by atoms with Crippen molar-refractivity contribution in [3.63, 3.8) is 0 Å². The van der Waals surface area contributed by atoms with Gasteiger partial charge in [0.1, 0.15) is 12.6 Å². The van der Waals surface area contributed by atoms with E-state index in [2.05, 4.69) is 5.32 Å². The van der Waals surface area contributed by atoms with Crippen LogP contribution in [-0.4, -0.2) is 64.9 Å². The average Bonchev–Trinajstić information content (AvgIpc) is 3.37. The van der Waals surface area contributed by atoms with Gasteiger partial charge in [0.2, 0.25) is 5.91 Å². The highest BCUT2D eigenvalue weighted by molar-refractivity contribution is 5.87. The van der Waals surface area contributed by atoms with Crippen molar-refractivity contribution in [2.75, 3.05) is 19.8 Å². The number of likely N-dealkylation sites (tertiary alicyclic amines) is 1. The summed E-state index contributed by atoms with van der Waals surface area (Å²) >= 11 is 0. The molecule has 0 radical (unpaired) electrons. The molecule has 4 rings (SSSR count). The quantitative estimate of drug-likeness (QED) is 0.551. The maximum absolute atomic E-state index is 13.1. The Balaban J connectivity index is 1.43. The van der Waals surface area contributed by atoms with Gasteiger partial charge in [0, 0.05) is 37.5 Å². The van der Waals surface area contributed by atoms with Crippen LogP contribution in [0.5, 0.6) is 0 Å². The Bertz CT molecular complexity index is 1030. The monoisotopic (exact) mass is 466 g/mol. The minimum atomic E-state index is -1.05. The zero-order valence-corrected chi connectivity index (χ0v) is 19.1. The Morgan fingerprint density at radius 2 is 1.71 bits per heavy atom. The molecule has 3 atom stereocenters. The van der Waals surface area contributed by atoms with Gasteiger partial charge in [-0.25, -0.2) is 4.79 Å². The van der Waals surface area contributed by atoms with Gasteiger partial charge in [0.15, 0.2) is 0 Å². The van der Waals surface area contributed by atoms with E-state index in [0.29, 0.717) is 13.0 Å². The van der Waals surface area contributed by atoms with E-state index in [9.17, 15) is 19.5 Å². The van der Waals surface area contributed by atoms with Crippen LogP contribution in [0.25, 0.3) is 11.1 Å². The maximum Gasteiger partial charge on any atom is 0.407 e. The summed E-state index contributed by atoms with van der Waals surface area (Å²) in [6.07, 6.45) is -0.381. The number of nitrogens with one attached hydrogen (secondary N) is 1. The highest BCUT2D eigenvalue weighted by atomic mass is 16.5. The van der Waals surface area contributed by atoms with E-state index < -0.39 is 18.1 Å². The van der Waals surface area contributed by atoms with Gasteiger partial charge in [0.25, 0.3) is 0 Å². The maximum atomic E-state index is 13.1. The second-order valence-corrected chi connectivity index (χ2v) is 8.96. The smallest absolute Gasteiger partial charge is 0.407 e. The normalized spacial score (nSPS) is 19.9. The topological polar surface area (TPSA) is 116 Å². The molecule has 8 heteroatoms. The SMILES string of the molecule is CC1C(CO)CCN1C(=O)C(CCC(=O)O)NC(=O)OCC1c2ccccc2-c2ccccc21. The first-order valence-corrected chi connectivity index (χ1v) is 11.6. The molecule has 0 spiro atoms. The van der Waals surface area contributed by atoms with Crippen molar-refractivity contribution in [1.29, 1.82) is 0 Å². The molecule has 1 aliphatic heterocycles. The number of rotatable bonds is 8. The van der Waals surface area contributed by atoms with E-state index in [0.717, 1.165) is 22.3 Å². The van der Waals surface area contributed by atoms with Gasteiger partial charge in [-0.05, 0) is 42.0 Å². The fourth-order valence-corrected chi connectivity index (χ4v) is 5.07. The van der Waals surface area contributed by atoms with Crippen molar-refractivity contribution < 1.29 is 29.3 Å².